The molecule has 2 N–H and O–H groups in total. The Morgan fingerprint density at radius 2 is 1.95 bits per heavy atom. The van der Waals surface area contributed by atoms with Crippen molar-refractivity contribution in [3.8, 4) is 0 Å². The molecule has 0 aliphatic rings. The zero-order valence-electron chi connectivity index (χ0n) is 11.8. The molecule has 0 atom stereocenters. The lowest BCUT2D eigenvalue weighted by atomic mass is 10.1. The van der Waals surface area contributed by atoms with Gasteiger partial charge in [0.25, 0.3) is 0 Å². The number of aliphatic carboxylic acids is 1. The Kier molecular flexibility index (Phi) is 5.75. The zero-order chi connectivity index (χ0) is 15.1. The number of rotatable bonds is 8. The van der Waals surface area contributed by atoms with E-state index in [0.29, 0.717) is 19.4 Å². The van der Waals surface area contributed by atoms with Gasteiger partial charge in [0.15, 0.2) is 0 Å². The Bertz CT molecular complexity index is 621. The summed E-state index contributed by atoms with van der Waals surface area (Å²) in [5.74, 6) is -0.825. The molecule has 0 fully saturated rings. The molecular formula is C16H19NO3S. The Morgan fingerprint density at radius 1 is 1.14 bits per heavy atom. The highest BCUT2D eigenvalue weighted by Crippen LogP contribution is 2.26. The van der Waals surface area contributed by atoms with E-state index in [1.54, 1.807) is 11.3 Å². The summed E-state index contributed by atoms with van der Waals surface area (Å²) in [6.07, 6.45) is 2.77. The third-order valence-corrected chi connectivity index (χ3v) is 4.31. The molecule has 21 heavy (non-hydrogen) atoms. The largest absolute Gasteiger partial charge is 0.481 e. The standard InChI is InChI=1S/C16H19NO3S/c18-15(17-10-4-9-16(19)20)8-3-5-12-11-21-14-7-2-1-6-13(12)14/h1-2,6-7,11H,3-5,8-10H2,(H,17,18)(H,19,20). The molecule has 2 aromatic rings. The van der Waals surface area contributed by atoms with Crippen molar-refractivity contribution in [1.29, 1.82) is 0 Å². The van der Waals surface area contributed by atoms with Crippen molar-refractivity contribution >= 4 is 33.3 Å². The minimum Gasteiger partial charge on any atom is -0.481 e. The molecule has 0 aliphatic heterocycles. The van der Waals surface area contributed by atoms with Crippen LogP contribution >= 0.6 is 11.3 Å². The predicted molar refractivity (Wildman–Crippen MR) is 84.6 cm³/mol. The number of benzene rings is 1. The van der Waals surface area contributed by atoms with Gasteiger partial charge in [0.2, 0.25) is 5.91 Å². The van der Waals surface area contributed by atoms with Gasteiger partial charge in [-0.05, 0) is 41.7 Å². The summed E-state index contributed by atoms with van der Waals surface area (Å²) in [6.45, 7) is 0.437. The van der Waals surface area contributed by atoms with Crippen molar-refractivity contribution in [1.82, 2.24) is 5.32 Å². The number of fused-ring (bicyclic) bond motifs is 1. The van der Waals surface area contributed by atoms with Crippen molar-refractivity contribution < 1.29 is 14.7 Å². The SMILES string of the molecule is O=C(O)CCCNC(=O)CCCc1csc2ccccc12. The van der Waals surface area contributed by atoms with Crippen LogP contribution in [0.15, 0.2) is 29.6 Å². The minimum absolute atomic E-state index is 0.0000704. The first-order chi connectivity index (χ1) is 10.2. The summed E-state index contributed by atoms with van der Waals surface area (Å²) in [4.78, 5) is 22.0. The molecule has 0 radical (unpaired) electrons. The number of amides is 1. The fraction of sp³-hybridized carbons (Fsp3) is 0.375. The first-order valence-corrected chi connectivity index (χ1v) is 7.98. The van der Waals surface area contributed by atoms with Gasteiger partial charge in [-0.15, -0.1) is 11.3 Å². The molecule has 1 aromatic heterocycles. The predicted octanol–water partition coefficient (Wildman–Crippen LogP) is 3.21. The highest BCUT2D eigenvalue weighted by Gasteiger charge is 2.05. The molecule has 1 aromatic carbocycles. The van der Waals surface area contributed by atoms with Crippen LogP contribution in [0.3, 0.4) is 0 Å². The van der Waals surface area contributed by atoms with Gasteiger partial charge in [0.1, 0.15) is 0 Å². The Morgan fingerprint density at radius 3 is 2.76 bits per heavy atom. The number of thiophene rings is 1. The molecule has 2 rings (SSSR count). The molecule has 5 heteroatoms. The molecule has 4 nitrogen and oxygen atoms in total. The van der Waals surface area contributed by atoms with Crippen LogP contribution in [-0.2, 0) is 16.0 Å². The maximum atomic E-state index is 11.6. The Hall–Kier alpha value is -1.88. The van der Waals surface area contributed by atoms with E-state index in [2.05, 4.69) is 22.8 Å². The van der Waals surface area contributed by atoms with Crippen LogP contribution < -0.4 is 5.32 Å². The normalized spacial score (nSPS) is 10.7. The van der Waals surface area contributed by atoms with Crippen LogP contribution in [-0.4, -0.2) is 23.5 Å². The molecule has 0 unspecified atom stereocenters. The number of carboxylic acids is 1. The number of carbonyl (C=O) groups is 2. The lowest BCUT2D eigenvalue weighted by Gasteiger charge is -2.04. The monoisotopic (exact) mass is 305 g/mol. The van der Waals surface area contributed by atoms with Crippen LogP contribution in [0.25, 0.3) is 10.1 Å². The van der Waals surface area contributed by atoms with Gasteiger partial charge in [-0.2, -0.15) is 0 Å². The van der Waals surface area contributed by atoms with Crippen molar-refractivity contribution in [2.45, 2.75) is 32.1 Å². The Balaban J connectivity index is 1.69. The van der Waals surface area contributed by atoms with E-state index in [0.717, 1.165) is 12.8 Å². The molecule has 112 valence electrons. The van der Waals surface area contributed by atoms with Gasteiger partial charge in [0, 0.05) is 24.1 Å². The Labute approximate surface area is 127 Å². The zero-order valence-corrected chi connectivity index (χ0v) is 12.6. The summed E-state index contributed by atoms with van der Waals surface area (Å²) >= 11 is 1.74. The summed E-state index contributed by atoms with van der Waals surface area (Å²) in [7, 11) is 0. The number of carboxylic acid groups (broad SMARTS) is 1. The first kappa shape index (κ1) is 15.5. The summed E-state index contributed by atoms with van der Waals surface area (Å²) in [5.41, 5.74) is 1.30. The van der Waals surface area contributed by atoms with E-state index in [1.165, 1.54) is 15.6 Å². The highest BCUT2D eigenvalue weighted by molar-refractivity contribution is 7.17. The smallest absolute Gasteiger partial charge is 0.303 e. The highest BCUT2D eigenvalue weighted by atomic mass is 32.1. The maximum absolute atomic E-state index is 11.6. The lowest BCUT2D eigenvalue weighted by Crippen LogP contribution is -2.24. The van der Waals surface area contributed by atoms with Crippen LogP contribution in [0.1, 0.15) is 31.2 Å². The van der Waals surface area contributed by atoms with Crippen LogP contribution in [0, 0.1) is 0 Å². The van der Waals surface area contributed by atoms with Crippen molar-refractivity contribution in [2.24, 2.45) is 0 Å². The summed E-state index contributed by atoms with van der Waals surface area (Å²) in [5, 5.41) is 14.7. The third kappa shape index (κ3) is 4.86. The van der Waals surface area contributed by atoms with Gasteiger partial charge in [-0.3, -0.25) is 9.59 Å². The maximum Gasteiger partial charge on any atom is 0.303 e. The first-order valence-electron chi connectivity index (χ1n) is 7.10. The van der Waals surface area contributed by atoms with Crippen LogP contribution in [0.4, 0.5) is 0 Å². The summed E-state index contributed by atoms with van der Waals surface area (Å²) < 4.78 is 1.28. The number of carbonyl (C=O) groups excluding carboxylic acids is 1. The van der Waals surface area contributed by atoms with Crippen molar-refractivity contribution in [3.63, 3.8) is 0 Å². The molecule has 0 saturated carbocycles. The van der Waals surface area contributed by atoms with Crippen LogP contribution in [0.5, 0.6) is 0 Å². The van der Waals surface area contributed by atoms with Crippen molar-refractivity contribution in [3.05, 3.63) is 35.2 Å². The summed E-state index contributed by atoms with van der Waals surface area (Å²) in [6, 6.07) is 8.30. The van der Waals surface area contributed by atoms with Crippen LogP contribution in [0.2, 0.25) is 0 Å². The molecule has 1 heterocycles. The van der Waals surface area contributed by atoms with E-state index >= 15 is 0 Å². The van der Waals surface area contributed by atoms with Gasteiger partial charge in [-0.1, -0.05) is 18.2 Å². The van der Waals surface area contributed by atoms with Gasteiger partial charge < -0.3 is 10.4 Å². The topological polar surface area (TPSA) is 66.4 Å². The number of hydrogen-bond donors (Lipinski definition) is 2. The average molecular weight is 305 g/mol. The van der Waals surface area contributed by atoms with Gasteiger partial charge >= 0.3 is 5.97 Å². The second kappa shape index (κ2) is 7.78. The van der Waals surface area contributed by atoms with E-state index < -0.39 is 5.97 Å². The quantitative estimate of drug-likeness (QED) is 0.736. The molecular weight excluding hydrogens is 286 g/mol. The minimum atomic E-state index is -0.825. The average Bonchev–Trinajstić information content (AvgIpc) is 2.87. The fourth-order valence-electron chi connectivity index (χ4n) is 2.22. The molecule has 0 bridgehead atoms. The van der Waals surface area contributed by atoms with E-state index in [-0.39, 0.29) is 12.3 Å². The third-order valence-electron chi connectivity index (χ3n) is 3.30. The van der Waals surface area contributed by atoms with E-state index in [4.69, 9.17) is 5.11 Å². The molecule has 0 spiro atoms. The second-order valence-electron chi connectivity index (χ2n) is 4.96. The molecule has 0 aliphatic carbocycles. The molecule has 1 amide bonds. The molecule has 0 saturated heterocycles. The van der Waals surface area contributed by atoms with E-state index in [1.807, 2.05) is 12.1 Å². The van der Waals surface area contributed by atoms with Gasteiger partial charge in [0.05, 0.1) is 0 Å². The number of aryl methyl sites for hydroxylation is 1. The second-order valence-corrected chi connectivity index (χ2v) is 5.87. The van der Waals surface area contributed by atoms with Gasteiger partial charge in [-0.25, -0.2) is 0 Å². The van der Waals surface area contributed by atoms with Crippen molar-refractivity contribution in [2.75, 3.05) is 6.54 Å². The number of nitrogens with one attached hydrogen (secondary N) is 1. The van der Waals surface area contributed by atoms with E-state index in [9.17, 15) is 9.59 Å². The fourth-order valence-corrected chi connectivity index (χ4v) is 3.22. The lowest BCUT2D eigenvalue weighted by molar-refractivity contribution is -0.137. The number of hydrogen-bond acceptors (Lipinski definition) is 3.